The Hall–Kier alpha value is -1.88. The Labute approximate surface area is 159 Å². The number of rotatable bonds is 7. The molecule has 1 N–H and O–H groups in total. The summed E-state index contributed by atoms with van der Waals surface area (Å²) in [7, 11) is 1.82. The second-order valence-electron chi connectivity index (χ2n) is 6.97. The Morgan fingerprint density at radius 2 is 2.04 bits per heavy atom. The second kappa shape index (κ2) is 8.21. The van der Waals surface area contributed by atoms with E-state index in [1.54, 1.807) is 0 Å². The molecule has 1 heterocycles. The quantitative estimate of drug-likeness (QED) is 0.765. The van der Waals surface area contributed by atoms with E-state index < -0.39 is 5.97 Å². The van der Waals surface area contributed by atoms with Crippen molar-refractivity contribution < 1.29 is 14.6 Å². The van der Waals surface area contributed by atoms with Crippen molar-refractivity contribution in [2.45, 2.75) is 32.5 Å². The molecule has 1 aliphatic rings. The Morgan fingerprint density at radius 3 is 2.73 bits per heavy atom. The van der Waals surface area contributed by atoms with Gasteiger partial charge in [0, 0.05) is 10.6 Å². The Kier molecular flexibility index (Phi) is 5.97. The van der Waals surface area contributed by atoms with Crippen molar-refractivity contribution in [1.29, 1.82) is 0 Å². The Bertz CT molecular complexity index is 789. The molecule has 138 valence electrons. The maximum Gasteiger partial charge on any atom is 0.317 e. The van der Waals surface area contributed by atoms with Gasteiger partial charge in [0.15, 0.2) is 0 Å². The SMILES string of the molecule is Cc1ccc(-c2cc3c(cc2Cl)C(CCCN(C)CC(=O)O)OC3)cc1. The van der Waals surface area contributed by atoms with Crippen LogP contribution in [0.2, 0.25) is 5.02 Å². The summed E-state index contributed by atoms with van der Waals surface area (Å²) in [5.41, 5.74) is 5.72. The van der Waals surface area contributed by atoms with Crippen LogP contribution in [0.5, 0.6) is 0 Å². The lowest BCUT2D eigenvalue weighted by Crippen LogP contribution is -2.26. The summed E-state index contributed by atoms with van der Waals surface area (Å²) in [5, 5.41) is 9.55. The third-order valence-electron chi connectivity index (χ3n) is 4.79. The number of carbonyl (C=O) groups is 1. The third kappa shape index (κ3) is 4.44. The van der Waals surface area contributed by atoms with Crippen LogP contribution in [-0.4, -0.2) is 36.1 Å². The van der Waals surface area contributed by atoms with Gasteiger partial charge in [0.25, 0.3) is 0 Å². The first-order chi connectivity index (χ1) is 12.4. The second-order valence-corrected chi connectivity index (χ2v) is 7.38. The van der Waals surface area contributed by atoms with Crippen LogP contribution in [0.25, 0.3) is 11.1 Å². The number of likely N-dealkylation sites (N-methyl/N-ethyl adjacent to an activating group) is 1. The van der Waals surface area contributed by atoms with Crippen molar-refractivity contribution >= 4 is 17.6 Å². The van der Waals surface area contributed by atoms with Gasteiger partial charge < -0.3 is 9.84 Å². The molecule has 2 aromatic carbocycles. The summed E-state index contributed by atoms with van der Waals surface area (Å²) in [5.74, 6) is -0.801. The molecule has 1 aliphatic heterocycles. The standard InChI is InChI=1S/C21H24ClNO3/c1-14-5-7-15(8-6-14)17-10-16-13-26-20(18(16)11-19(17)22)4-3-9-23(2)12-21(24)25/h5-8,10-11,20H,3-4,9,12-13H2,1-2H3,(H,24,25). The van der Waals surface area contributed by atoms with Gasteiger partial charge in [-0.25, -0.2) is 0 Å². The highest BCUT2D eigenvalue weighted by atomic mass is 35.5. The number of aryl methyl sites for hydroxylation is 1. The minimum absolute atomic E-state index is 0.0350. The van der Waals surface area contributed by atoms with Crippen LogP contribution in [0.3, 0.4) is 0 Å². The van der Waals surface area contributed by atoms with Crippen molar-refractivity contribution in [1.82, 2.24) is 4.90 Å². The molecule has 0 spiro atoms. The lowest BCUT2D eigenvalue weighted by atomic mass is 9.96. The van der Waals surface area contributed by atoms with E-state index in [-0.39, 0.29) is 12.6 Å². The topological polar surface area (TPSA) is 49.8 Å². The first-order valence-corrected chi connectivity index (χ1v) is 9.23. The highest BCUT2D eigenvalue weighted by molar-refractivity contribution is 6.33. The molecule has 1 unspecified atom stereocenters. The Morgan fingerprint density at radius 1 is 1.31 bits per heavy atom. The normalized spacial score (nSPS) is 16.1. The van der Waals surface area contributed by atoms with Crippen LogP contribution >= 0.6 is 11.6 Å². The highest BCUT2D eigenvalue weighted by Gasteiger charge is 2.25. The van der Waals surface area contributed by atoms with Gasteiger partial charge in [-0.05, 0) is 62.2 Å². The molecule has 0 saturated carbocycles. The molecule has 0 saturated heterocycles. The fraction of sp³-hybridized carbons (Fsp3) is 0.381. The molecule has 0 amide bonds. The number of carboxylic acids is 1. The third-order valence-corrected chi connectivity index (χ3v) is 5.10. The van der Waals surface area contributed by atoms with Crippen LogP contribution in [-0.2, 0) is 16.1 Å². The van der Waals surface area contributed by atoms with Crippen LogP contribution in [0.1, 0.15) is 35.6 Å². The lowest BCUT2D eigenvalue weighted by Gasteiger charge is -2.16. The maximum atomic E-state index is 10.7. The van der Waals surface area contributed by atoms with E-state index >= 15 is 0 Å². The number of aliphatic carboxylic acids is 1. The number of hydrogen-bond acceptors (Lipinski definition) is 3. The number of hydrogen-bond donors (Lipinski definition) is 1. The minimum Gasteiger partial charge on any atom is -0.480 e. The smallest absolute Gasteiger partial charge is 0.317 e. The van der Waals surface area contributed by atoms with Gasteiger partial charge in [-0.3, -0.25) is 9.69 Å². The summed E-state index contributed by atoms with van der Waals surface area (Å²) < 4.78 is 5.96. The molecule has 2 aromatic rings. The van der Waals surface area contributed by atoms with Crippen LogP contribution < -0.4 is 0 Å². The van der Waals surface area contributed by atoms with Gasteiger partial charge in [0.2, 0.25) is 0 Å². The largest absolute Gasteiger partial charge is 0.480 e. The average molecular weight is 374 g/mol. The van der Waals surface area contributed by atoms with E-state index in [4.69, 9.17) is 21.4 Å². The van der Waals surface area contributed by atoms with Gasteiger partial charge in [-0.15, -0.1) is 0 Å². The molecule has 0 aromatic heterocycles. The molecule has 4 nitrogen and oxygen atoms in total. The van der Waals surface area contributed by atoms with E-state index in [9.17, 15) is 4.79 Å². The summed E-state index contributed by atoms with van der Waals surface area (Å²) >= 11 is 6.56. The van der Waals surface area contributed by atoms with Crippen molar-refractivity contribution in [3.63, 3.8) is 0 Å². The van der Waals surface area contributed by atoms with E-state index in [1.165, 1.54) is 11.1 Å². The summed E-state index contributed by atoms with van der Waals surface area (Å²) in [6, 6.07) is 12.5. The van der Waals surface area contributed by atoms with Crippen molar-refractivity contribution in [2.75, 3.05) is 20.1 Å². The average Bonchev–Trinajstić information content (AvgIpc) is 2.96. The van der Waals surface area contributed by atoms with E-state index in [0.29, 0.717) is 6.61 Å². The molecule has 5 heteroatoms. The molecule has 0 aliphatic carbocycles. The molecule has 0 radical (unpaired) electrons. The molecular weight excluding hydrogens is 350 g/mol. The zero-order valence-corrected chi connectivity index (χ0v) is 15.9. The fourth-order valence-corrected chi connectivity index (χ4v) is 3.67. The summed E-state index contributed by atoms with van der Waals surface area (Å²) in [4.78, 5) is 12.5. The summed E-state index contributed by atoms with van der Waals surface area (Å²) in [6.07, 6.45) is 1.77. The van der Waals surface area contributed by atoms with Crippen molar-refractivity contribution in [3.8, 4) is 11.1 Å². The Balaban J connectivity index is 1.68. The zero-order chi connectivity index (χ0) is 18.7. The van der Waals surface area contributed by atoms with Crippen LogP contribution in [0.4, 0.5) is 0 Å². The van der Waals surface area contributed by atoms with Gasteiger partial charge >= 0.3 is 5.97 Å². The first-order valence-electron chi connectivity index (χ1n) is 8.85. The van der Waals surface area contributed by atoms with Gasteiger partial charge in [0.1, 0.15) is 0 Å². The van der Waals surface area contributed by atoms with Crippen molar-refractivity contribution in [3.05, 3.63) is 58.1 Å². The van der Waals surface area contributed by atoms with Crippen molar-refractivity contribution in [2.24, 2.45) is 0 Å². The number of benzene rings is 2. The predicted molar refractivity (Wildman–Crippen MR) is 104 cm³/mol. The molecule has 26 heavy (non-hydrogen) atoms. The minimum atomic E-state index is -0.801. The lowest BCUT2D eigenvalue weighted by molar-refractivity contribution is -0.138. The summed E-state index contributed by atoms with van der Waals surface area (Å²) in [6.45, 7) is 3.46. The monoisotopic (exact) mass is 373 g/mol. The van der Waals surface area contributed by atoms with E-state index in [1.807, 2.05) is 18.0 Å². The van der Waals surface area contributed by atoms with Crippen LogP contribution in [0.15, 0.2) is 36.4 Å². The van der Waals surface area contributed by atoms with Gasteiger partial charge in [-0.1, -0.05) is 41.4 Å². The fourth-order valence-electron chi connectivity index (χ4n) is 3.39. The molecular formula is C21H24ClNO3. The maximum absolute atomic E-state index is 10.7. The first kappa shape index (κ1) is 18.9. The number of fused-ring (bicyclic) bond motifs is 1. The molecule has 0 bridgehead atoms. The number of carboxylic acid groups (broad SMARTS) is 1. The predicted octanol–water partition coefficient (Wildman–Crippen LogP) is 4.68. The zero-order valence-electron chi connectivity index (χ0n) is 15.2. The van der Waals surface area contributed by atoms with E-state index in [0.717, 1.165) is 41.1 Å². The molecule has 3 rings (SSSR count). The van der Waals surface area contributed by atoms with E-state index in [2.05, 4.69) is 37.3 Å². The molecule has 0 fully saturated rings. The number of nitrogens with zero attached hydrogens (tertiary/aromatic N) is 1. The van der Waals surface area contributed by atoms with Gasteiger partial charge in [0.05, 0.1) is 19.3 Å². The molecule has 1 atom stereocenters. The van der Waals surface area contributed by atoms with Gasteiger partial charge in [-0.2, -0.15) is 0 Å². The number of ether oxygens (including phenoxy) is 1. The number of halogens is 1. The van der Waals surface area contributed by atoms with Crippen LogP contribution in [0, 0.1) is 6.92 Å². The highest BCUT2D eigenvalue weighted by Crippen LogP contribution is 2.40.